The van der Waals surface area contributed by atoms with Crippen molar-refractivity contribution < 1.29 is 0 Å². The fourth-order valence-electron chi connectivity index (χ4n) is 4.01. The molecule has 0 radical (unpaired) electrons. The maximum absolute atomic E-state index is 4.76. The molecule has 0 fully saturated rings. The topological polar surface area (TPSA) is 47.7 Å². The Kier molecular flexibility index (Phi) is 4.19. The van der Waals surface area contributed by atoms with Gasteiger partial charge in [0.25, 0.3) is 0 Å². The summed E-state index contributed by atoms with van der Waals surface area (Å²) in [7, 11) is 2.04. The number of para-hydroxylation sites is 1. The molecule has 1 unspecified atom stereocenters. The van der Waals surface area contributed by atoms with Gasteiger partial charge in [0.15, 0.2) is 0 Å². The molecule has 1 aliphatic rings. The Morgan fingerprint density at radius 3 is 2.81 bits per heavy atom. The Morgan fingerprint density at radius 2 is 2.08 bits per heavy atom. The molecule has 26 heavy (non-hydrogen) atoms. The summed E-state index contributed by atoms with van der Waals surface area (Å²) in [6, 6.07) is 8.76. The fraction of sp³-hybridized carbons (Fsp3) is 0.429. The van der Waals surface area contributed by atoms with Crippen LogP contribution in [-0.2, 0) is 20.0 Å². The molecule has 1 aliphatic carbocycles. The number of rotatable bonds is 4. The van der Waals surface area contributed by atoms with Crippen molar-refractivity contribution >= 4 is 0 Å². The van der Waals surface area contributed by atoms with Gasteiger partial charge in [-0.2, -0.15) is 5.10 Å². The molecule has 3 aromatic rings. The van der Waals surface area contributed by atoms with E-state index < -0.39 is 0 Å². The summed E-state index contributed by atoms with van der Waals surface area (Å²) < 4.78 is 4.21. The monoisotopic (exact) mass is 349 g/mol. The number of hydrogen-bond donors (Lipinski definition) is 1. The van der Waals surface area contributed by atoms with E-state index in [1.165, 1.54) is 22.5 Å². The normalized spacial score (nSPS) is 18.7. The summed E-state index contributed by atoms with van der Waals surface area (Å²) in [5.74, 6) is 1.06. The predicted molar refractivity (Wildman–Crippen MR) is 103 cm³/mol. The van der Waals surface area contributed by atoms with Crippen LogP contribution in [0.15, 0.2) is 42.9 Å². The zero-order valence-electron chi connectivity index (χ0n) is 16.0. The van der Waals surface area contributed by atoms with Crippen molar-refractivity contribution in [3.05, 3.63) is 65.5 Å². The fourth-order valence-corrected chi connectivity index (χ4v) is 4.01. The van der Waals surface area contributed by atoms with Gasteiger partial charge in [0.2, 0.25) is 0 Å². The van der Waals surface area contributed by atoms with E-state index in [4.69, 9.17) is 5.10 Å². The van der Waals surface area contributed by atoms with E-state index in [1.54, 1.807) is 0 Å². The van der Waals surface area contributed by atoms with Crippen LogP contribution in [0.2, 0.25) is 0 Å². The maximum Gasteiger partial charge on any atom is 0.122 e. The van der Waals surface area contributed by atoms with E-state index in [2.05, 4.69) is 64.6 Å². The van der Waals surface area contributed by atoms with E-state index in [0.29, 0.717) is 6.04 Å². The van der Waals surface area contributed by atoms with Crippen molar-refractivity contribution in [2.24, 2.45) is 12.5 Å². The Labute approximate surface area is 155 Å². The van der Waals surface area contributed by atoms with Gasteiger partial charge in [-0.05, 0) is 36.8 Å². The van der Waals surface area contributed by atoms with Crippen molar-refractivity contribution in [1.82, 2.24) is 24.6 Å². The average molecular weight is 349 g/mol. The van der Waals surface area contributed by atoms with Gasteiger partial charge < -0.3 is 9.88 Å². The summed E-state index contributed by atoms with van der Waals surface area (Å²) in [5.41, 5.74) is 5.30. The third-order valence-corrected chi connectivity index (χ3v) is 5.45. The van der Waals surface area contributed by atoms with Crippen LogP contribution < -0.4 is 5.32 Å². The number of fused-ring (bicyclic) bond motifs is 1. The molecule has 136 valence electrons. The number of nitrogens with one attached hydrogen (secondary N) is 1. The average Bonchev–Trinajstić information content (AvgIpc) is 3.18. The predicted octanol–water partition coefficient (Wildman–Crippen LogP) is 3.72. The summed E-state index contributed by atoms with van der Waals surface area (Å²) in [5, 5.41) is 8.48. The molecule has 1 atom stereocenters. The van der Waals surface area contributed by atoms with Gasteiger partial charge in [0.05, 0.1) is 18.4 Å². The minimum absolute atomic E-state index is 0.229. The number of benzene rings is 1. The lowest BCUT2D eigenvalue weighted by Crippen LogP contribution is -2.34. The molecular weight excluding hydrogens is 322 g/mol. The van der Waals surface area contributed by atoms with Gasteiger partial charge in [-0.25, -0.2) is 9.67 Å². The summed E-state index contributed by atoms with van der Waals surface area (Å²) in [4.78, 5) is 4.44. The highest BCUT2D eigenvalue weighted by Crippen LogP contribution is 2.41. The van der Waals surface area contributed by atoms with E-state index in [0.717, 1.165) is 25.2 Å². The van der Waals surface area contributed by atoms with Gasteiger partial charge >= 0.3 is 0 Å². The zero-order chi connectivity index (χ0) is 18.3. The van der Waals surface area contributed by atoms with Gasteiger partial charge in [-0.3, -0.25) is 0 Å². The molecule has 5 heteroatoms. The molecule has 5 nitrogen and oxygen atoms in total. The minimum Gasteiger partial charge on any atom is -0.337 e. The Morgan fingerprint density at radius 1 is 1.27 bits per heavy atom. The first-order valence-electron chi connectivity index (χ1n) is 9.27. The second kappa shape index (κ2) is 6.40. The number of nitrogens with zero attached hydrogens (tertiary/aromatic N) is 4. The first-order valence-corrected chi connectivity index (χ1v) is 9.27. The number of aryl methyl sites for hydroxylation is 2. The van der Waals surface area contributed by atoms with Gasteiger partial charge in [-0.1, -0.05) is 32.0 Å². The van der Waals surface area contributed by atoms with Crippen LogP contribution in [0.4, 0.5) is 0 Å². The summed E-state index contributed by atoms with van der Waals surface area (Å²) in [6.07, 6.45) is 8.03. The molecule has 0 saturated carbocycles. The van der Waals surface area contributed by atoms with Crippen LogP contribution in [0.1, 0.15) is 49.0 Å². The molecule has 0 amide bonds. The lowest BCUT2D eigenvalue weighted by Gasteiger charge is -2.36. The highest BCUT2D eigenvalue weighted by Gasteiger charge is 2.35. The Hall–Kier alpha value is -2.40. The van der Waals surface area contributed by atoms with E-state index in [9.17, 15) is 0 Å². The molecule has 2 aromatic heterocycles. The lowest BCUT2D eigenvalue weighted by molar-refractivity contribution is 0.251. The quantitative estimate of drug-likeness (QED) is 0.781. The summed E-state index contributed by atoms with van der Waals surface area (Å²) in [6.45, 7) is 7.61. The van der Waals surface area contributed by atoms with E-state index in [-0.39, 0.29) is 5.41 Å². The van der Waals surface area contributed by atoms with Crippen LogP contribution in [0.3, 0.4) is 0 Å². The third-order valence-electron chi connectivity index (χ3n) is 5.45. The standard InChI is InChI=1S/C21H27N5/c1-15-7-5-6-8-18(15)26-19-12-21(2,3)11-17(16(19)13-24-26)23-14-20-22-9-10-25(20)4/h5-10,13,17,23H,11-12,14H2,1-4H3. The second-order valence-electron chi connectivity index (χ2n) is 8.18. The SMILES string of the molecule is Cc1ccccc1-n1ncc2c1CC(C)(C)CC2NCc1nccn1C. The molecule has 0 saturated heterocycles. The maximum atomic E-state index is 4.76. The molecule has 0 bridgehead atoms. The number of imidazole rings is 1. The van der Waals surface area contributed by atoms with Gasteiger partial charge in [-0.15, -0.1) is 0 Å². The molecule has 0 aliphatic heterocycles. The largest absolute Gasteiger partial charge is 0.337 e. The Bertz CT molecular complexity index is 918. The first-order chi connectivity index (χ1) is 12.4. The van der Waals surface area contributed by atoms with Gasteiger partial charge in [0.1, 0.15) is 5.82 Å². The number of aromatic nitrogens is 4. The van der Waals surface area contributed by atoms with Crippen molar-refractivity contribution in [3.8, 4) is 5.69 Å². The van der Waals surface area contributed by atoms with Crippen LogP contribution in [-0.4, -0.2) is 19.3 Å². The van der Waals surface area contributed by atoms with Crippen LogP contribution in [0.5, 0.6) is 0 Å². The van der Waals surface area contributed by atoms with Crippen LogP contribution in [0.25, 0.3) is 5.69 Å². The van der Waals surface area contributed by atoms with Crippen molar-refractivity contribution in [2.75, 3.05) is 0 Å². The molecule has 4 rings (SSSR count). The van der Waals surface area contributed by atoms with Crippen molar-refractivity contribution in [1.29, 1.82) is 0 Å². The minimum atomic E-state index is 0.229. The molecular formula is C21H27N5. The lowest BCUT2D eigenvalue weighted by atomic mass is 9.74. The summed E-state index contributed by atoms with van der Waals surface area (Å²) >= 11 is 0. The van der Waals surface area contributed by atoms with Gasteiger partial charge in [0, 0.05) is 36.7 Å². The molecule has 1 aromatic carbocycles. The van der Waals surface area contributed by atoms with Crippen LogP contribution in [0, 0.1) is 12.3 Å². The highest BCUT2D eigenvalue weighted by atomic mass is 15.3. The molecule has 1 N–H and O–H groups in total. The second-order valence-corrected chi connectivity index (χ2v) is 8.18. The Balaban J connectivity index is 1.67. The van der Waals surface area contributed by atoms with Crippen molar-refractivity contribution in [3.63, 3.8) is 0 Å². The highest BCUT2D eigenvalue weighted by molar-refractivity contribution is 5.43. The van der Waals surface area contributed by atoms with Crippen molar-refractivity contribution in [2.45, 2.75) is 46.2 Å². The molecule has 0 spiro atoms. The first kappa shape index (κ1) is 17.0. The number of hydrogen-bond acceptors (Lipinski definition) is 3. The zero-order valence-corrected chi connectivity index (χ0v) is 16.0. The van der Waals surface area contributed by atoms with E-state index in [1.807, 2.05) is 25.6 Å². The third kappa shape index (κ3) is 3.07. The van der Waals surface area contributed by atoms with E-state index >= 15 is 0 Å². The smallest absolute Gasteiger partial charge is 0.122 e. The van der Waals surface area contributed by atoms with Crippen LogP contribution >= 0.6 is 0 Å². The molecule has 2 heterocycles.